The summed E-state index contributed by atoms with van der Waals surface area (Å²) in [6, 6.07) is 3.56. The second-order valence-corrected chi connectivity index (χ2v) is 6.07. The number of hydrogen-bond acceptors (Lipinski definition) is 8. The quantitative estimate of drug-likeness (QED) is 0.836. The van der Waals surface area contributed by atoms with E-state index < -0.39 is 0 Å². The number of nitrogens with two attached hydrogens (primary N) is 1. The number of nitrogens with zero attached hydrogens (tertiary/aromatic N) is 5. The van der Waals surface area contributed by atoms with Gasteiger partial charge in [0.2, 0.25) is 5.95 Å². The van der Waals surface area contributed by atoms with Gasteiger partial charge in [-0.3, -0.25) is 4.79 Å². The third kappa shape index (κ3) is 3.85. The van der Waals surface area contributed by atoms with Crippen LogP contribution in [0.5, 0.6) is 0 Å². The summed E-state index contributed by atoms with van der Waals surface area (Å²) in [6.07, 6.45) is 3.41. The Morgan fingerprint density at radius 3 is 3.12 bits per heavy atom. The fourth-order valence-corrected chi connectivity index (χ4v) is 2.84. The number of carbonyl (C=O) groups excluding carboxylic acids is 1. The van der Waals surface area contributed by atoms with Gasteiger partial charge in [0.05, 0.1) is 6.20 Å². The number of amides is 1. The van der Waals surface area contributed by atoms with Crippen molar-refractivity contribution in [2.24, 2.45) is 5.92 Å². The zero-order valence-corrected chi connectivity index (χ0v) is 13.9. The second kappa shape index (κ2) is 7.17. The molecule has 3 rings (SSSR count). The molecule has 2 aromatic rings. The van der Waals surface area contributed by atoms with Gasteiger partial charge in [-0.15, -0.1) is 0 Å². The SMILES string of the molecule is Cc1cc(C(=O)NC[C@H]2CCCN(c3ncc(C#N)c(N)n3)C2)no1. The molecule has 9 heteroatoms. The van der Waals surface area contributed by atoms with E-state index in [9.17, 15) is 4.79 Å². The summed E-state index contributed by atoms with van der Waals surface area (Å²) in [4.78, 5) is 22.5. The summed E-state index contributed by atoms with van der Waals surface area (Å²) in [5, 5.41) is 15.5. The average Bonchev–Trinajstić information content (AvgIpc) is 3.06. The van der Waals surface area contributed by atoms with Crippen molar-refractivity contribution in [3.63, 3.8) is 0 Å². The highest BCUT2D eigenvalue weighted by Gasteiger charge is 2.23. The van der Waals surface area contributed by atoms with Crippen molar-refractivity contribution in [2.45, 2.75) is 19.8 Å². The molecule has 0 radical (unpaired) electrons. The van der Waals surface area contributed by atoms with E-state index in [0.29, 0.717) is 24.8 Å². The Morgan fingerprint density at radius 1 is 1.60 bits per heavy atom. The van der Waals surface area contributed by atoms with Crippen molar-refractivity contribution in [1.82, 2.24) is 20.4 Å². The maximum absolute atomic E-state index is 12.0. The van der Waals surface area contributed by atoms with E-state index in [4.69, 9.17) is 15.5 Å². The molecular weight excluding hydrogens is 322 g/mol. The van der Waals surface area contributed by atoms with Crippen LogP contribution < -0.4 is 16.0 Å². The molecule has 2 aromatic heterocycles. The van der Waals surface area contributed by atoms with Gasteiger partial charge in [0.25, 0.3) is 5.91 Å². The number of nitrogens with one attached hydrogen (secondary N) is 1. The normalized spacial score (nSPS) is 17.1. The lowest BCUT2D eigenvalue weighted by atomic mass is 9.98. The summed E-state index contributed by atoms with van der Waals surface area (Å²) in [6.45, 7) is 3.81. The Morgan fingerprint density at radius 2 is 2.44 bits per heavy atom. The first kappa shape index (κ1) is 16.7. The van der Waals surface area contributed by atoms with Crippen LogP contribution in [0.2, 0.25) is 0 Å². The fraction of sp³-hybridized carbons (Fsp3) is 0.438. The highest BCUT2D eigenvalue weighted by molar-refractivity contribution is 5.92. The maximum Gasteiger partial charge on any atom is 0.273 e. The predicted molar refractivity (Wildman–Crippen MR) is 89.7 cm³/mol. The van der Waals surface area contributed by atoms with Crippen LogP contribution in [-0.2, 0) is 0 Å². The number of aryl methyl sites for hydroxylation is 1. The Balaban J connectivity index is 1.59. The molecule has 1 aliphatic rings. The lowest BCUT2D eigenvalue weighted by Crippen LogP contribution is -2.41. The Bertz CT molecular complexity index is 811. The molecule has 130 valence electrons. The van der Waals surface area contributed by atoms with E-state index in [1.165, 1.54) is 6.20 Å². The number of nitriles is 1. The Kier molecular flexibility index (Phi) is 4.79. The van der Waals surface area contributed by atoms with Gasteiger partial charge >= 0.3 is 0 Å². The molecule has 0 aromatic carbocycles. The van der Waals surface area contributed by atoms with Crippen molar-refractivity contribution in [3.8, 4) is 6.07 Å². The first-order valence-corrected chi connectivity index (χ1v) is 8.06. The molecule has 1 saturated heterocycles. The molecule has 9 nitrogen and oxygen atoms in total. The molecular formula is C16H19N7O2. The Labute approximate surface area is 144 Å². The minimum atomic E-state index is -0.243. The number of anilines is 2. The standard InChI is InChI=1S/C16H19N7O2/c1-10-5-13(22-25-10)15(24)19-7-11-3-2-4-23(9-11)16-20-8-12(6-17)14(18)21-16/h5,8,11H,2-4,7,9H2,1H3,(H,19,24)(H2,18,20,21)/t11-/m1/s1. The topological polar surface area (TPSA) is 134 Å². The van der Waals surface area contributed by atoms with Crippen LogP contribution in [0.4, 0.5) is 11.8 Å². The van der Waals surface area contributed by atoms with Crippen molar-refractivity contribution in [2.75, 3.05) is 30.3 Å². The average molecular weight is 341 g/mol. The third-order valence-electron chi connectivity index (χ3n) is 4.14. The number of rotatable bonds is 4. The molecule has 1 amide bonds. The van der Waals surface area contributed by atoms with Crippen LogP contribution in [0.25, 0.3) is 0 Å². The molecule has 1 aliphatic heterocycles. The van der Waals surface area contributed by atoms with Gasteiger partial charge in [-0.25, -0.2) is 4.98 Å². The highest BCUT2D eigenvalue weighted by atomic mass is 16.5. The van der Waals surface area contributed by atoms with Gasteiger partial charge in [0.1, 0.15) is 23.2 Å². The molecule has 0 saturated carbocycles. The molecule has 3 heterocycles. The van der Waals surface area contributed by atoms with E-state index in [2.05, 4.69) is 20.4 Å². The van der Waals surface area contributed by atoms with E-state index in [1.54, 1.807) is 13.0 Å². The minimum absolute atomic E-state index is 0.185. The first-order chi connectivity index (χ1) is 12.1. The van der Waals surface area contributed by atoms with Gasteiger partial charge in [0, 0.05) is 25.7 Å². The zero-order valence-electron chi connectivity index (χ0n) is 13.9. The molecule has 1 fully saturated rings. The molecule has 0 aliphatic carbocycles. The van der Waals surface area contributed by atoms with Crippen LogP contribution in [0.1, 0.15) is 34.7 Å². The molecule has 0 unspecified atom stereocenters. The molecule has 1 atom stereocenters. The summed E-state index contributed by atoms with van der Waals surface area (Å²) in [5.74, 6) is 1.33. The minimum Gasteiger partial charge on any atom is -0.382 e. The first-order valence-electron chi connectivity index (χ1n) is 8.06. The largest absolute Gasteiger partial charge is 0.382 e. The number of nitrogen functional groups attached to an aromatic ring is 1. The van der Waals surface area contributed by atoms with Gasteiger partial charge in [-0.1, -0.05) is 5.16 Å². The lowest BCUT2D eigenvalue weighted by molar-refractivity contribution is 0.0936. The smallest absolute Gasteiger partial charge is 0.273 e. The van der Waals surface area contributed by atoms with Crippen LogP contribution >= 0.6 is 0 Å². The van der Waals surface area contributed by atoms with E-state index in [1.807, 2.05) is 11.0 Å². The number of aromatic nitrogens is 3. The summed E-state index contributed by atoms with van der Waals surface area (Å²) < 4.78 is 4.91. The monoisotopic (exact) mass is 341 g/mol. The van der Waals surface area contributed by atoms with E-state index in [0.717, 1.165) is 19.4 Å². The number of piperidine rings is 1. The van der Waals surface area contributed by atoms with Crippen molar-refractivity contribution < 1.29 is 9.32 Å². The predicted octanol–water partition coefficient (Wildman–Crippen LogP) is 0.873. The Hall–Kier alpha value is -3.15. The van der Waals surface area contributed by atoms with Crippen LogP contribution in [0.15, 0.2) is 16.8 Å². The number of carbonyl (C=O) groups is 1. The molecule has 3 N–H and O–H groups in total. The van der Waals surface area contributed by atoms with E-state index in [-0.39, 0.29) is 28.9 Å². The third-order valence-corrected chi connectivity index (χ3v) is 4.14. The number of hydrogen-bond donors (Lipinski definition) is 2. The fourth-order valence-electron chi connectivity index (χ4n) is 2.84. The van der Waals surface area contributed by atoms with E-state index >= 15 is 0 Å². The lowest BCUT2D eigenvalue weighted by Gasteiger charge is -2.32. The van der Waals surface area contributed by atoms with Crippen LogP contribution in [0.3, 0.4) is 0 Å². The van der Waals surface area contributed by atoms with Gasteiger partial charge < -0.3 is 20.5 Å². The van der Waals surface area contributed by atoms with Crippen molar-refractivity contribution >= 4 is 17.7 Å². The molecule has 0 spiro atoms. The zero-order chi connectivity index (χ0) is 17.8. The second-order valence-electron chi connectivity index (χ2n) is 6.07. The van der Waals surface area contributed by atoms with Crippen LogP contribution in [0, 0.1) is 24.2 Å². The van der Waals surface area contributed by atoms with Crippen molar-refractivity contribution in [3.05, 3.63) is 29.3 Å². The van der Waals surface area contributed by atoms with Gasteiger partial charge in [-0.2, -0.15) is 10.2 Å². The maximum atomic E-state index is 12.0. The summed E-state index contributed by atoms with van der Waals surface area (Å²) in [7, 11) is 0. The summed E-state index contributed by atoms with van der Waals surface area (Å²) in [5.41, 5.74) is 6.32. The highest BCUT2D eigenvalue weighted by Crippen LogP contribution is 2.21. The van der Waals surface area contributed by atoms with Crippen molar-refractivity contribution in [1.29, 1.82) is 5.26 Å². The van der Waals surface area contributed by atoms with Crippen LogP contribution in [-0.4, -0.2) is 40.7 Å². The summed E-state index contributed by atoms with van der Waals surface area (Å²) >= 11 is 0. The molecule has 0 bridgehead atoms. The van der Waals surface area contributed by atoms with Gasteiger partial charge in [-0.05, 0) is 25.7 Å². The molecule has 25 heavy (non-hydrogen) atoms. The van der Waals surface area contributed by atoms with Gasteiger partial charge in [0.15, 0.2) is 5.69 Å².